The molecule has 0 aliphatic rings. The lowest BCUT2D eigenvalue weighted by Crippen LogP contribution is -2.22. The minimum Gasteiger partial charge on any atom is -0.493 e. The SMILES string of the molecule is CCOc1cc(-c2cccc(O[C@@H](C)C(=O)O)c2)ccc1-c1nc2[nH]nnc2c(=O)[nH]1. The second-order valence-corrected chi connectivity index (χ2v) is 6.69. The zero-order valence-corrected chi connectivity index (χ0v) is 16.7. The summed E-state index contributed by atoms with van der Waals surface area (Å²) in [5.41, 5.74) is 2.25. The van der Waals surface area contributed by atoms with Crippen molar-refractivity contribution in [1.82, 2.24) is 25.4 Å². The van der Waals surface area contributed by atoms with E-state index in [9.17, 15) is 9.59 Å². The van der Waals surface area contributed by atoms with Gasteiger partial charge in [0, 0.05) is 0 Å². The molecule has 2 aromatic carbocycles. The van der Waals surface area contributed by atoms with Gasteiger partial charge in [-0.2, -0.15) is 0 Å². The summed E-state index contributed by atoms with van der Waals surface area (Å²) in [6.07, 6.45) is -0.966. The Labute approximate surface area is 175 Å². The monoisotopic (exact) mass is 421 g/mol. The van der Waals surface area contributed by atoms with Crippen molar-refractivity contribution in [3.05, 3.63) is 52.8 Å². The second kappa shape index (κ2) is 8.27. The van der Waals surface area contributed by atoms with Gasteiger partial charge in [0.25, 0.3) is 5.56 Å². The standard InChI is InChI=1S/C21H19N5O5/c1-3-30-16-10-13(12-5-4-6-14(9-12)31-11(2)21(28)29)7-8-15(16)18-22-19-17(20(27)23-18)24-26-25-19/h4-11H,3H2,1-2H3,(H,28,29)(H2,22,23,24,25,26,27)/t11-/m0/s1. The molecule has 0 saturated heterocycles. The van der Waals surface area contributed by atoms with E-state index in [1.807, 2.05) is 25.1 Å². The Morgan fingerprint density at radius 1 is 1.19 bits per heavy atom. The van der Waals surface area contributed by atoms with Crippen LogP contribution < -0.4 is 15.0 Å². The molecular formula is C21H19N5O5. The highest BCUT2D eigenvalue weighted by Crippen LogP contribution is 2.34. The van der Waals surface area contributed by atoms with E-state index in [0.29, 0.717) is 29.5 Å². The summed E-state index contributed by atoms with van der Waals surface area (Å²) < 4.78 is 11.3. The van der Waals surface area contributed by atoms with Crippen LogP contribution in [-0.2, 0) is 4.79 Å². The zero-order valence-electron chi connectivity index (χ0n) is 16.7. The number of hydrogen-bond acceptors (Lipinski definition) is 7. The molecular weight excluding hydrogens is 402 g/mol. The highest BCUT2D eigenvalue weighted by atomic mass is 16.5. The molecule has 0 fully saturated rings. The predicted octanol–water partition coefficient (Wildman–Crippen LogP) is 2.63. The lowest BCUT2D eigenvalue weighted by atomic mass is 10.0. The molecule has 2 aromatic heterocycles. The van der Waals surface area contributed by atoms with Gasteiger partial charge in [-0.15, -0.1) is 5.10 Å². The molecule has 0 unspecified atom stereocenters. The third kappa shape index (κ3) is 4.08. The van der Waals surface area contributed by atoms with Crippen LogP contribution in [0.3, 0.4) is 0 Å². The van der Waals surface area contributed by atoms with Crippen molar-refractivity contribution in [1.29, 1.82) is 0 Å². The number of carboxylic acids is 1. The predicted molar refractivity (Wildman–Crippen MR) is 112 cm³/mol. The molecule has 0 aliphatic heterocycles. The average Bonchev–Trinajstić information content (AvgIpc) is 3.23. The topological polar surface area (TPSA) is 143 Å². The molecule has 4 rings (SSSR count). The van der Waals surface area contributed by atoms with Gasteiger partial charge in [-0.3, -0.25) is 4.79 Å². The fourth-order valence-corrected chi connectivity index (χ4v) is 3.06. The number of aliphatic carboxylic acids is 1. The lowest BCUT2D eigenvalue weighted by Gasteiger charge is -2.14. The van der Waals surface area contributed by atoms with E-state index in [2.05, 4.69) is 25.4 Å². The number of aromatic nitrogens is 5. The van der Waals surface area contributed by atoms with Gasteiger partial charge in [0.15, 0.2) is 17.3 Å². The molecule has 10 heteroatoms. The lowest BCUT2D eigenvalue weighted by molar-refractivity contribution is -0.144. The van der Waals surface area contributed by atoms with E-state index in [1.54, 1.807) is 24.3 Å². The Hall–Kier alpha value is -4.21. The smallest absolute Gasteiger partial charge is 0.344 e. The number of aromatic amines is 2. The molecule has 0 amide bonds. The van der Waals surface area contributed by atoms with Crippen molar-refractivity contribution >= 4 is 17.1 Å². The molecule has 2 heterocycles. The minimum atomic E-state index is -1.04. The van der Waals surface area contributed by atoms with Gasteiger partial charge in [0.2, 0.25) is 0 Å². The third-order valence-corrected chi connectivity index (χ3v) is 4.57. The number of fused-ring (bicyclic) bond motifs is 1. The maximum atomic E-state index is 12.3. The molecule has 31 heavy (non-hydrogen) atoms. The van der Waals surface area contributed by atoms with Crippen LogP contribution in [0, 0.1) is 0 Å². The second-order valence-electron chi connectivity index (χ2n) is 6.69. The van der Waals surface area contributed by atoms with Crippen LogP contribution in [-0.4, -0.2) is 49.2 Å². The molecule has 3 N–H and O–H groups in total. The van der Waals surface area contributed by atoms with Gasteiger partial charge >= 0.3 is 5.97 Å². The fourth-order valence-electron chi connectivity index (χ4n) is 3.06. The van der Waals surface area contributed by atoms with Crippen LogP contribution in [0.2, 0.25) is 0 Å². The number of H-pyrrole nitrogens is 2. The molecule has 4 aromatic rings. The first-order valence-corrected chi connectivity index (χ1v) is 9.54. The average molecular weight is 421 g/mol. The van der Waals surface area contributed by atoms with Crippen LogP contribution >= 0.6 is 0 Å². The van der Waals surface area contributed by atoms with Crippen molar-refractivity contribution in [2.24, 2.45) is 0 Å². The van der Waals surface area contributed by atoms with Crippen LogP contribution in [0.5, 0.6) is 11.5 Å². The number of nitrogens with one attached hydrogen (secondary N) is 2. The number of hydrogen-bond donors (Lipinski definition) is 3. The van der Waals surface area contributed by atoms with E-state index < -0.39 is 17.6 Å². The molecule has 0 saturated carbocycles. The molecule has 0 bridgehead atoms. The van der Waals surface area contributed by atoms with Crippen molar-refractivity contribution in [2.45, 2.75) is 20.0 Å². The summed E-state index contributed by atoms with van der Waals surface area (Å²) >= 11 is 0. The van der Waals surface area contributed by atoms with Crippen molar-refractivity contribution in [2.75, 3.05) is 6.61 Å². The van der Waals surface area contributed by atoms with E-state index >= 15 is 0 Å². The summed E-state index contributed by atoms with van der Waals surface area (Å²) in [5, 5.41) is 19.0. The van der Waals surface area contributed by atoms with Crippen molar-refractivity contribution in [3.8, 4) is 34.0 Å². The van der Waals surface area contributed by atoms with Gasteiger partial charge in [-0.05, 0) is 49.2 Å². The number of benzene rings is 2. The quantitative estimate of drug-likeness (QED) is 0.413. The summed E-state index contributed by atoms with van der Waals surface area (Å²) in [6, 6.07) is 12.6. The third-order valence-electron chi connectivity index (χ3n) is 4.57. The highest BCUT2D eigenvalue weighted by Gasteiger charge is 2.16. The Morgan fingerprint density at radius 2 is 2.00 bits per heavy atom. The maximum absolute atomic E-state index is 12.3. The van der Waals surface area contributed by atoms with Gasteiger partial charge in [0.05, 0.1) is 12.2 Å². The van der Waals surface area contributed by atoms with Crippen LogP contribution in [0.15, 0.2) is 47.3 Å². The Balaban J connectivity index is 1.74. The summed E-state index contributed by atoms with van der Waals surface area (Å²) in [4.78, 5) is 30.4. The van der Waals surface area contributed by atoms with Gasteiger partial charge in [0.1, 0.15) is 17.3 Å². The van der Waals surface area contributed by atoms with E-state index in [4.69, 9.17) is 14.6 Å². The number of carbonyl (C=O) groups is 1. The largest absolute Gasteiger partial charge is 0.493 e. The normalized spacial score (nSPS) is 11.9. The number of rotatable bonds is 7. The minimum absolute atomic E-state index is 0.130. The Bertz CT molecular complexity index is 1310. The molecule has 0 spiro atoms. The molecule has 158 valence electrons. The number of ether oxygens (including phenoxy) is 2. The first-order chi connectivity index (χ1) is 15.0. The molecule has 1 atom stereocenters. The first-order valence-electron chi connectivity index (χ1n) is 9.54. The summed E-state index contributed by atoms with van der Waals surface area (Å²) in [6.45, 7) is 3.74. The maximum Gasteiger partial charge on any atom is 0.344 e. The number of nitrogens with zero attached hydrogens (tertiary/aromatic N) is 3. The number of carboxylic acid groups (broad SMARTS) is 1. The van der Waals surface area contributed by atoms with Gasteiger partial charge in [-0.1, -0.05) is 23.4 Å². The van der Waals surface area contributed by atoms with E-state index in [-0.39, 0.29) is 11.2 Å². The zero-order chi connectivity index (χ0) is 22.0. The molecule has 10 nitrogen and oxygen atoms in total. The molecule has 0 aliphatic carbocycles. The van der Waals surface area contributed by atoms with Crippen LogP contribution in [0.25, 0.3) is 33.7 Å². The van der Waals surface area contributed by atoms with Crippen molar-refractivity contribution < 1.29 is 19.4 Å². The van der Waals surface area contributed by atoms with Gasteiger partial charge in [-0.25, -0.2) is 14.9 Å². The summed E-state index contributed by atoms with van der Waals surface area (Å²) in [7, 11) is 0. The fraction of sp³-hybridized carbons (Fsp3) is 0.190. The van der Waals surface area contributed by atoms with Crippen LogP contribution in [0.4, 0.5) is 0 Å². The van der Waals surface area contributed by atoms with E-state index in [0.717, 1.165) is 11.1 Å². The van der Waals surface area contributed by atoms with Crippen LogP contribution in [0.1, 0.15) is 13.8 Å². The first kappa shape index (κ1) is 20.1. The highest BCUT2D eigenvalue weighted by molar-refractivity contribution is 5.77. The van der Waals surface area contributed by atoms with Crippen molar-refractivity contribution in [3.63, 3.8) is 0 Å². The Kier molecular flexibility index (Phi) is 5.35. The van der Waals surface area contributed by atoms with Gasteiger partial charge < -0.3 is 19.6 Å². The summed E-state index contributed by atoms with van der Waals surface area (Å²) in [5.74, 6) is 0.253. The Morgan fingerprint density at radius 3 is 2.77 bits per heavy atom. The van der Waals surface area contributed by atoms with E-state index in [1.165, 1.54) is 6.92 Å². The molecule has 0 radical (unpaired) electrons.